The zero-order valence-corrected chi connectivity index (χ0v) is 19.4. The van der Waals surface area contributed by atoms with Crippen molar-refractivity contribution >= 4 is 5.97 Å². The average Bonchev–Trinajstić information content (AvgIpc) is 3.15. The van der Waals surface area contributed by atoms with Crippen molar-refractivity contribution < 1.29 is 14.6 Å². The van der Waals surface area contributed by atoms with Crippen LogP contribution in [0.1, 0.15) is 40.7 Å². The Labute approximate surface area is 195 Å². The smallest absolute Gasteiger partial charge is 0.306 e. The van der Waals surface area contributed by atoms with Crippen molar-refractivity contribution in [2.75, 3.05) is 6.61 Å². The SMILES string of the molecule is Cc1cc(CCOc2ccc3c(c2)CN([C@H]2C[C@H](C(=O)O)C2)C3)cc(C)c1-c1ccccc1. The van der Waals surface area contributed by atoms with E-state index < -0.39 is 5.97 Å². The molecule has 2 aliphatic rings. The fraction of sp³-hybridized carbons (Fsp3) is 0.345. The third-order valence-electron chi connectivity index (χ3n) is 7.22. The molecule has 0 saturated heterocycles. The summed E-state index contributed by atoms with van der Waals surface area (Å²) in [6.45, 7) is 6.83. The van der Waals surface area contributed by atoms with Gasteiger partial charge in [0, 0.05) is 25.6 Å². The Bertz CT molecular complexity index is 1140. The first kappa shape index (κ1) is 21.7. The van der Waals surface area contributed by atoms with Crippen molar-refractivity contribution in [2.24, 2.45) is 5.92 Å². The van der Waals surface area contributed by atoms with Crippen LogP contribution in [-0.4, -0.2) is 28.6 Å². The number of aliphatic carboxylic acids is 1. The lowest BCUT2D eigenvalue weighted by atomic mass is 9.79. The Morgan fingerprint density at radius 3 is 2.36 bits per heavy atom. The molecule has 0 aromatic heterocycles. The molecule has 3 aromatic carbocycles. The first-order valence-electron chi connectivity index (χ1n) is 11.8. The van der Waals surface area contributed by atoms with Gasteiger partial charge in [-0.25, -0.2) is 0 Å². The summed E-state index contributed by atoms with van der Waals surface area (Å²) in [5, 5.41) is 9.13. The molecule has 4 heteroatoms. The molecule has 0 unspecified atom stereocenters. The van der Waals surface area contributed by atoms with Crippen LogP contribution < -0.4 is 4.74 Å². The Balaban J connectivity index is 1.18. The summed E-state index contributed by atoms with van der Waals surface area (Å²) in [6, 6.07) is 21.9. The molecule has 1 aliphatic carbocycles. The van der Waals surface area contributed by atoms with E-state index in [0.29, 0.717) is 12.6 Å². The summed E-state index contributed by atoms with van der Waals surface area (Å²) in [7, 11) is 0. The van der Waals surface area contributed by atoms with E-state index in [4.69, 9.17) is 9.84 Å². The van der Waals surface area contributed by atoms with Gasteiger partial charge in [0.05, 0.1) is 12.5 Å². The van der Waals surface area contributed by atoms with E-state index in [1.807, 2.05) is 0 Å². The van der Waals surface area contributed by atoms with Gasteiger partial charge >= 0.3 is 5.97 Å². The number of carboxylic acid groups (broad SMARTS) is 1. The number of nitrogens with zero attached hydrogens (tertiary/aromatic N) is 1. The first-order valence-corrected chi connectivity index (χ1v) is 11.8. The second-order valence-corrected chi connectivity index (χ2v) is 9.56. The normalized spacial score (nSPS) is 19.7. The number of fused-ring (bicyclic) bond motifs is 1. The molecule has 0 bridgehead atoms. The highest BCUT2D eigenvalue weighted by molar-refractivity contribution is 5.71. The van der Waals surface area contributed by atoms with Crippen molar-refractivity contribution in [3.63, 3.8) is 0 Å². The summed E-state index contributed by atoms with van der Waals surface area (Å²) in [5.74, 6) is 0.104. The van der Waals surface area contributed by atoms with Crippen LogP contribution in [0.25, 0.3) is 11.1 Å². The van der Waals surface area contributed by atoms with E-state index in [-0.39, 0.29) is 5.92 Å². The van der Waals surface area contributed by atoms with Gasteiger partial charge in [0.2, 0.25) is 0 Å². The third kappa shape index (κ3) is 4.53. The average molecular weight is 442 g/mol. The third-order valence-corrected chi connectivity index (χ3v) is 7.22. The monoisotopic (exact) mass is 441 g/mol. The van der Waals surface area contributed by atoms with Crippen LogP contribution in [0.5, 0.6) is 5.75 Å². The van der Waals surface area contributed by atoms with Crippen LogP contribution in [0.2, 0.25) is 0 Å². The zero-order valence-electron chi connectivity index (χ0n) is 19.4. The maximum atomic E-state index is 11.1. The second-order valence-electron chi connectivity index (χ2n) is 9.56. The number of benzene rings is 3. The minimum atomic E-state index is -0.654. The molecular weight excluding hydrogens is 410 g/mol. The molecule has 170 valence electrons. The van der Waals surface area contributed by atoms with Crippen LogP contribution in [0.3, 0.4) is 0 Å². The van der Waals surface area contributed by atoms with Gasteiger partial charge in [0.25, 0.3) is 0 Å². The molecular formula is C29H31NO3. The summed E-state index contributed by atoms with van der Waals surface area (Å²) < 4.78 is 6.12. The molecule has 1 aliphatic heterocycles. The second kappa shape index (κ2) is 9.03. The topological polar surface area (TPSA) is 49.8 Å². The van der Waals surface area contributed by atoms with Crippen molar-refractivity contribution in [3.05, 3.63) is 88.5 Å². The molecule has 33 heavy (non-hydrogen) atoms. The van der Waals surface area contributed by atoms with Crippen LogP contribution in [0.15, 0.2) is 60.7 Å². The van der Waals surface area contributed by atoms with Crippen LogP contribution >= 0.6 is 0 Å². The predicted octanol–water partition coefficient (Wildman–Crippen LogP) is 5.77. The van der Waals surface area contributed by atoms with Gasteiger partial charge in [0.15, 0.2) is 0 Å². The lowest BCUT2D eigenvalue weighted by Crippen LogP contribution is -2.44. The largest absolute Gasteiger partial charge is 0.493 e. The number of carboxylic acids is 1. The van der Waals surface area contributed by atoms with Gasteiger partial charge in [-0.15, -0.1) is 0 Å². The van der Waals surface area contributed by atoms with E-state index in [2.05, 4.69) is 79.4 Å². The molecule has 5 rings (SSSR count). The molecule has 0 radical (unpaired) electrons. The highest BCUT2D eigenvalue weighted by Gasteiger charge is 2.39. The number of hydrogen-bond acceptors (Lipinski definition) is 3. The van der Waals surface area contributed by atoms with Crippen LogP contribution in [-0.2, 0) is 24.3 Å². The highest BCUT2D eigenvalue weighted by atomic mass is 16.5. The van der Waals surface area contributed by atoms with Crippen LogP contribution in [0.4, 0.5) is 0 Å². The van der Waals surface area contributed by atoms with Crippen molar-refractivity contribution in [1.82, 2.24) is 4.90 Å². The minimum Gasteiger partial charge on any atom is -0.493 e. The molecule has 0 amide bonds. The molecule has 1 saturated carbocycles. The van der Waals surface area contributed by atoms with Gasteiger partial charge in [-0.05, 0) is 77.8 Å². The lowest BCUT2D eigenvalue weighted by molar-refractivity contribution is -0.147. The molecule has 0 atom stereocenters. The van der Waals surface area contributed by atoms with Gasteiger partial charge in [-0.2, -0.15) is 0 Å². The number of ether oxygens (including phenoxy) is 1. The van der Waals surface area contributed by atoms with Gasteiger partial charge < -0.3 is 9.84 Å². The van der Waals surface area contributed by atoms with E-state index >= 15 is 0 Å². The van der Waals surface area contributed by atoms with Crippen molar-refractivity contribution in [2.45, 2.75) is 52.2 Å². The Morgan fingerprint density at radius 2 is 1.67 bits per heavy atom. The van der Waals surface area contributed by atoms with Gasteiger partial charge in [-0.1, -0.05) is 48.5 Å². The molecule has 0 spiro atoms. The zero-order chi connectivity index (χ0) is 22.9. The predicted molar refractivity (Wildman–Crippen MR) is 130 cm³/mol. The Hall–Kier alpha value is -3.11. The molecule has 1 N–H and O–H groups in total. The van der Waals surface area contributed by atoms with Crippen molar-refractivity contribution in [3.8, 4) is 16.9 Å². The Kier molecular flexibility index (Phi) is 5.94. The molecule has 1 heterocycles. The first-order chi connectivity index (χ1) is 16.0. The quantitative estimate of drug-likeness (QED) is 0.506. The molecule has 3 aromatic rings. The number of rotatable bonds is 7. The van der Waals surface area contributed by atoms with Gasteiger partial charge in [0.1, 0.15) is 5.75 Å². The number of aryl methyl sites for hydroxylation is 2. The minimum absolute atomic E-state index is 0.161. The Morgan fingerprint density at radius 1 is 0.970 bits per heavy atom. The number of carbonyl (C=O) groups is 1. The van der Waals surface area contributed by atoms with E-state index in [1.165, 1.54) is 38.9 Å². The maximum Gasteiger partial charge on any atom is 0.306 e. The van der Waals surface area contributed by atoms with Crippen LogP contribution in [0, 0.1) is 19.8 Å². The number of hydrogen-bond donors (Lipinski definition) is 1. The molecule has 1 fully saturated rings. The summed E-state index contributed by atoms with van der Waals surface area (Å²) in [4.78, 5) is 13.5. The van der Waals surface area contributed by atoms with E-state index in [0.717, 1.165) is 38.1 Å². The fourth-order valence-corrected chi connectivity index (χ4v) is 5.38. The summed E-state index contributed by atoms with van der Waals surface area (Å²) in [6.07, 6.45) is 2.42. The van der Waals surface area contributed by atoms with Crippen molar-refractivity contribution in [1.29, 1.82) is 0 Å². The standard InChI is InChI=1S/C29H31NO3/c1-19-12-21(13-20(2)28(19)22-6-4-3-5-7-22)10-11-33-27-9-8-23-17-30(18-25(23)16-27)26-14-24(15-26)29(31)32/h3-9,12-13,16,24,26H,10-11,14-15,17-18H2,1-2H3,(H,31,32)/t24-,26-. The summed E-state index contributed by atoms with van der Waals surface area (Å²) >= 11 is 0. The maximum absolute atomic E-state index is 11.1. The van der Waals surface area contributed by atoms with E-state index in [9.17, 15) is 4.79 Å². The highest BCUT2D eigenvalue weighted by Crippen LogP contribution is 2.37. The van der Waals surface area contributed by atoms with E-state index in [1.54, 1.807) is 0 Å². The summed E-state index contributed by atoms with van der Waals surface area (Å²) in [5.41, 5.74) is 9.14. The fourth-order valence-electron chi connectivity index (χ4n) is 5.38. The lowest BCUT2D eigenvalue weighted by Gasteiger charge is -2.39. The molecule has 4 nitrogen and oxygen atoms in total. The van der Waals surface area contributed by atoms with Gasteiger partial charge in [-0.3, -0.25) is 9.69 Å².